The number of hydrogen-bond acceptors (Lipinski definition) is 1. The molecule has 20 heavy (non-hydrogen) atoms. The highest BCUT2D eigenvalue weighted by atomic mass is 79.9. The van der Waals surface area contributed by atoms with Gasteiger partial charge in [-0.1, -0.05) is 57.9 Å². The third-order valence-electron chi connectivity index (χ3n) is 3.20. The van der Waals surface area contributed by atoms with E-state index < -0.39 is 0 Å². The Morgan fingerprint density at radius 3 is 2.75 bits per heavy atom. The molecule has 0 spiro atoms. The minimum atomic E-state index is 0.0590. The van der Waals surface area contributed by atoms with E-state index in [0.29, 0.717) is 10.6 Å². The van der Waals surface area contributed by atoms with E-state index in [1.165, 1.54) is 0 Å². The van der Waals surface area contributed by atoms with Crippen LogP contribution in [0, 0.1) is 0 Å². The fourth-order valence-corrected chi connectivity index (χ4v) is 2.92. The van der Waals surface area contributed by atoms with Crippen molar-refractivity contribution >= 4 is 44.2 Å². The first-order chi connectivity index (χ1) is 9.65. The van der Waals surface area contributed by atoms with E-state index in [0.717, 1.165) is 15.4 Å². The van der Waals surface area contributed by atoms with Gasteiger partial charge in [-0.05, 0) is 18.2 Å². The lowest BCUT2D eigenvalue weighted by Crippen LogP contribution is -2.09. The molecule has 0 saturated heterocycles. The molecule has 0 amide bonds. The number of hydrogen-bond donors (Lipinski definition) is 0. The van der Waals surface area contributed by atoms with Crippen LogP contribution < -0.4 is 0 Å². The number of aromatic nitrogens is 1. The number of nitrogens with zero attached hydrogens (tertiary/aromatic N) is 1. The van der Waals surface area contributed by atoms with Crippen LogP contribution in [-0.4, -0.2) is 10.4 Å². The third kappa shape index (κ3) is 2.51. The van der Waals surface area contributed by atoms with Gasteiger partial charge >= 0.3 is 0 Å². The van der Waals surface area contributed by atoms with Crippen molar-refractivity contribution in [1.29, 1.82) is 0 Å². The monoisotopic (exact) mass is 347 g/mol. The summed E-state index contributed by atoms with van der Waals surface area (Å²) >= 11 is 9.57. The van der Waals surface area contributed by atoms with Crippen LogP contribution in [0.5, 0.6) is 0 Å². The van der Waals surface area contributed by atoms with E-state index in [4.69, 9.17) is 11.6 Å². The van der Waals surface area contributed by atoms with E-state index in [9.17, 15) is 4.79 Å². The maximum absolute atomic E-state index is 12.3. The predicted octanol–water partition coefficient (Wildman–Crippen LogP) is 4.94. The lowest BCUT2D eigenvalue weighted by molar-refractivity contribution is 0.0973. The Bertz CT molecular complexity index is 794. The SMILES string of the molecule is O=C(Cn1cc(Cl)c2ccccc21)c1cccc(Br)c1. The summed E-state index contributed by atoms with van der Waals surface area (Å²) in [5.41, 5.74) is 1.66. The van der Waals surface area contributed by atoms with Gasteiger partial charge in [0.05, 0.1) is 11.6 Å². The molecule has 4 heteroatoms. The lowest BCUT2D eigenvalue weighted by Gasteiger charge is -2.05. The summed E-state index contributed by atoms with van der Waals surface area (Å²) in [7, 11) is 0. The molecule has 0 aliphatic rings. The van der Waals surface area contributed by atoms with Gasteiger partial charge in [-0.15, -0.1) is 0 Å². The third-order valence-corrected chi connectivity index (χ3v) is 3.99. The standard InChI is InChI=1S/C16H11BrClNO/c17-12-5-3-4-11(8-12)16(20)10-19-9-14(18)13-6-1-2-7-15(13)19/h1-9H,10H2. The molecule has 2 nitrogen and oxygen atoms in total. The van der Waals surface area contributed by atoms with Crippen LogP contribution in [0.4, 0.5) is 0 Å². The molecule has 100 valence electrons. The van der Waals surface area contributed by atoms with Crippen LogP contribution in [0.2, 0.25) is 5.02 Å². The Labute approximate surface area is 130 Å². The summed E-state index contributed by atoms with van der Waals surface area (Å²) in [5.74, 6) is 0.0590. The van der Waals surface area contributed by atoms with Crippen LogP contribution in [0.15, 0.2) is 59.2 Å². The van der Waals surface area contributed by atoms with E-state index in [1.807, 2.05) is 59.3 Å². The second-order valence-electron chi connectivity index (χ2n) is 4.56. The van der Waals surface area contributed by atoms with Gasteiger partial charge in [-0.2, -0.15) is 0 Å². The van der Waals surface area contributed by atoms with Gasteiger partial charge in [0.2, 0.25) is 0 Å². The molecule has 2 aromatic carbocycles. The van der Waals surface area contributed by atoms with Gasteiger partial charge in [-0.25, -0.2) is 0 Å². The molecule has 0 aliphatic carbocycles. The van der Waals surface area contributed by atoms with Crippen LogP contribution in [0.3, 0.4) is 0 Å². The average molecular weight is 349 g/mol. The predicted molar refractivity (Wildman–Crippen MR) is 85.4 cm³/mol. The Hall–Kier alpha value is -1.58. The summed E-state index contributed by atoms with van der Waals surface area (Å²) in [6, 6.07) is 15.2. The molecule has 0 atom stereocenters. The normalized spacial score (nSPS) is 10.9. The largest absolute Gasteiger partial charge is 0.338 e. The number of halogens is 2. The van der Waals surface area contributed by atoms with Crippen molar-refractivity contribution in [2.75, 3.05) is 0 Å². The first-order valence-corrected chi connectivity index (χ1v) is 7.34. The minimum Gasteiger partial charge on any atom is -0.338 e. The Kier molecular flexibility index (Phi) is 3.64. The molecule has 0 unspecified atom stereocenters. The first kappa shape index (κ1) is 13.4. The van der Waals surface area contributed by atoms with E-state index in [1.54, 1.807) is 0 Å². The average Bonchev–Trinajstić information content (AvgIpc) is 2.76. The zero-order valence-corrected chi connectivity index (χ0v) is 12.9. The maximum atomic E-state index is 12.3. The van der Waals surface area contributed by atoms with Gasteiger partial charge in [0.1, 0.15) is 0 Å². The van der Waals surface area contributed by atoms with Crippen molar-refractivity contribution in [2.24, 2.45) is 0 Å². The highest BCUT2D eigenvalue weighted by molar-refractivity contribution is 9.10. The van der Waals surface area contributed by atoms with E-state index in [2.05, 4.69) is 15.9 Å². The molecule has 0 aliphatic heterocycles. The molecule has 1 aromatic heterocycles. The van der Waals surface area contributed by atoms with Crippen LogP contribution >= 0.6 is 27.5 Å². The molecule has 0 N–H and O–H groups in total. The van der Waals surface area contributed by atoms with Gasteiger partial charge in [-0.3, -0.25) is 4.79 Å². The number of carbonyl (C=O) groups is 1. The van der Waals surface area contributed by atoms with Gasteiger partial charge < -0.3 is 4.57 Å². The van der Waals surface area contributed by atoms with Crippen molar-refractivity contribution in [3.63, 3.8) is 0 Å². The van der Waals surface area contributed by atoms with Gasteiger partial charge in [0.15, 0.2) is 5.78 Å². The Balaban J connectivity index is 1.95. The van der Waals surface area contributed by atoms with E-state index in [-0.39, 0.29) is 12.3 Å². The molecule has 0 radical (unpaired) electrons. The molecule has 1 heterocycles. The second kappa shape index (κ2) is 5.43. The first-order valence-electron chi connectivity index (χ1n) is 6.17. The van der Waals surface area contributed by atoms with Gasteiger partial charge in [0.25, 0.3) is 0 Å². The number of carbonyl (C=O) groups excluding carboxylic acids is 1. The smallest absolute Gasteiger partial charge is 0.182 e. The zero-order chi connectivity index (χ0) is 14.1. The zero-order valence-electron chi connectivity index (χ0n) is 10.5. The molecule has 3 aromatic rings. The number of para-hydroxylation sites is 1. The van der Waals surface area contributed by atoms with Crippen molar-refractivity contribution in [3.8, 4) is 0 Å². The molecule has 0 bridgehead atoms. The van der Waals surface area contributed by atoms with E-state index >= 15 is 0 Å². The van der Waals surface area contributed by atoms with Crippen molar-refractivity contribution < 1.29 is 4.79 Å². The summed E-state index contributed by atoms with van der Waals surface area (Å²) in [5, 5.41) is 1.64. The topological polar surface area (TPSA) is 22.0 Å². The summed E-state index contributed by atoms with van der Waals surface area (Å²) in [4.78, 5) is 12.3. The summed E-state index contributed by atoms with van der Waals surface area (Å²) < 4.78 is 2.79. The highest BCUT2D eigenvalue weighted by Gasteiger charge is 2.11. The van der Waals surface area contributed by atoms with Crippen LogP contribution in [0.25, 0.3) is 10.9 Å². The fraction of sp³-hybridized carbons (Fsp3) is 0.0625. The minimum absolute atomic E-state index is 0.0590. The fourth-order valence-electron chi connectivity index (χ4n) is 2.24. The van der Waals surface area contributed by atoms with Crippen molar-refractivity contribution in [3.05, 3.63) is 69.8 Å². The molecule has 3 rings (SSSR count). The number of fused-ring (bicyclic) bond motifs is 1. The second-order valence-corrected chi connectivity index (χ2v) is 5.88. The number of rotatable bonds is 3. The number of benzene rings is 2. The number of Topliss-reactive ketones (excluding diaryl/α,β-unsaturated/α-hetero) is 1. The van der Waals surface area contributed by atoms with Crippen LogP contribution in [-0.2, 0) is 6.54 Å². The van der Waals surface area contributed by atoms with Crippen LogP contribution in [0.1, 0.15) is 10.4 Å². The molecule has 0 saturated carbocycles. The van der Waals surface area contributed by atoms with Crippen molar-refractivity contribution in [2.45, 2.75) is 6.54 Å². The lowest BCUT2D eigenvalue weighted by atomic mass is 10.1. The van der Waals surface area contributed by atoms with Crippen molar-refractivity contribution in [1.82, 2.24) is 4.57 Å². The molecule has 0 fully saturated rings. The summed E-state index contributed by atoms with van der Waals surface area (Å²) in [6.45, 7) is 0.281. The number of ketones is 1. The Morgan fingerprint density at radius 2 is 1.95 bits per heavy atom. The van der Waals surface area contributed by atoms with Gasteiger partial charge in [0, 0.05) is 27.1 Å². The maximum Gasteiger partial charge on any atom is 0.182 e. The Morgan fingerprint density at radius 1 is 1.15 bits per heavy atom. The molecular weight excluding hydrogens is 338 g/mol. The summed E-state index contributed by atoms with van der Waals surface area (Å²) in [6.07, 6.45) is 1.81. The quantitative estimate of drug-likeness (QED) is 0.614. The molecular formula is C16H11BrClNO. The highest BCUT2D eigenvalue weighted by Crippen LogP contribution is 2.25.